The average molecular weight is 835 g/mol. The number of rotatable bonds is 8. The van der Waals surface area contributed by atoms with Crippen molar-refractivity contribution in [3.63, 3.8) is 0 Å². The fraction of sp³-hybridized carbons (Fsp3) is 0.0500. The first-order valence-electron chi connectivity index (χ1n) is 22.1. The molecule has 11 aromatic rings. The predicted octanol–water partition coefficient (Wildman–Crippen LogP) is 15.9. The molecule has 0 atom stereocenters. The van der Waals surface area contributed by atoms with Gasteiger partial charge in [0.05, 0.1) is 5.69 Å². The van der Waals surface area contributed by atoms with Gasteiger partial charge in [-0.1, -0.05) is 196 Å². The highest BCUT2D eigenvalue weighted by atomic mass is 16.3. The fourth-order valence-corrected chi connectivity index (χ4v) is 9.66. The van der Waals surface area contributed by atoms with Crippen molar-refractivity contribution in [1.82, 2.24) is 15.0 Å². The van der Waals surface area contributed by atoms with Crippen LogP contribution in [0.25, 0.3) is 89.5 Å². The van der Waals surface area contributed by atoms with Crippen LogP contribution in [0.2, 0.25) is 0 Å². The maximum atomic E-state index is 7.19. The van der Waals surface area contributed by atoms with Gasteiger partial charge in [-0.15, -0.1) is 0 Å². The second-order valence-electron chi connectivity index (χ2n) is 17.2. The monoisotopic (exact) mass is 834 g/mol. The smallest absolute Gasteiger partial charge is 0.164 e. The van der Waals surface area contributed by atoms with Crippen LogP contribution in [-0.4, -0.2) is 15.0 Å². The molecular formula is C60H42N4O. The number of furan rings is 1. The second-order valence-corrected chi connectivity index (χ2v) is 17.2. The van der Waals surface area contributed by atoms with E-state index in [1.165, 1.54) is 33.4 Å². The van der Waals surface area contributed by atoms with Crippen LogP contribution in [0.5, 0.6) is 0 Å². The Hall–Kier alpha value is -8.41. The normalized spacial score (nSPS) is 12.6. The van der Waals surface area contributed by atoms with Crippen molar-refractivity contribution in [3.05, 3.63) is 230 Å². The van der Waals surface area contributed by atoms with Crippen molar-refractivity contribution in [2.45, 2.75) is 19.3 Å². The van der Waals surface area contributed by atoms with E-state index >= 15 is 0 Å². The molecule has 0 unspecified atom stereocenters. The Balaban J connectivity index is 1.00. The lowest BCUT2D eigenvalue weighted by Gasteiger charge is -2.28. The fourth-order valence-electron chi connectivity index (χ4n) is 9.66. The second kappa shape index (κ2) is 15.4. The lowest BCUT2D eigenvalue weighted by Crippen LogP contribution is -2.16. The van der Waals surface area contributed by atoms with Crippen molar-refractivity contribution in [3.8, 4) is 67.5 Å². The van der Waals surface area contributed by atoms with Gasteiger partial charge in [0.25, 0.3) is 0 Å². The number of benzene rings is 9. The van der Waals surface area contributed by atoms with Crippen molar-refractivity contribution in [1.29, 1.82) is 0 Å². The Morgan fingerprint density at radius 3 is 1.54 bits per heavy atom. The van der Waals surface area contributed by atoms with E-state index in [1.54, 1.807) is 0 Å². The molecule has 0 aliphatic heterocycles. The van der Waals surface area contributed by atoms with Crippen molar-refractivity contribution in [2.75, 3.05) is 4.90 Å². The molecule has 0 saturated carbocycles. The van der Waals surface area contributed by atoms with Gasteiger partial charge in [-0.05, 0) is 75.3 Å². The Bertz CT molecular complexity index is 3500. The molecule has 308 valence electrons. The summed E-state index contributed by atoms with van der Waals surface area (Å²) in [5.41, 5.74) is 16.9. The number of hydrogen-bond donors (Lipinski definition) is 0. The highest BCUT2D eigenvalue weighted by molar-refractivity contribution is 6.13. The number of hydrogen-bond acceptors (Lipinski definition) is 5. The summed E-state index contributed by atoms with van der Waals surface area (Å²) >= 11 is 0. The summed E-state index contributed by atoms with van der Waals surface area (Å²) in [5.74, 6) is 1.86. The molecule has 1 aliphatic rings. The lowest BCUT2D eigenvalue weighted by atomic mass is 9.82. The van der Waals surface area contributed by atoms with Crippen molar-refractivity contribution in [2.24, 2.45) is 0 Å². The van der Waals surface area contributed by atoms with Gasteiger partial charge >= 0.3 is 0 Å². The number of nitrogens with zero attached hydrogens (tertiary/aromatic N) is 4. The first-order valence-corrected chi connectivity index (χ1v) is 22.1. The van der Waals surface area contributed by atoms with Crippen LogP contribution in [0, 0.1) is 0 Å². The maximum absolute atomic E-state index is 7.19. The van der Waals surface area contributed by atoms with Gasteiger partial charge in [0, 0.05) is 49.8 Å². The molecule has 0 radical (unpaired) electrons. The molecule has 9 aromatic carbocycles. The predicted molar refractivity (Wildman–Crippen MR) is 267 cm³/mol. The van der Waals surface area contributed by atoms with Crippen LogP contribution in [0.3, 0.4) is 0 Å². The van der Waals surface area contributed by atoms with E-state index in [2.05, 4.69) is 176 Å². The molecular weight excluding hydrogens is 793 g/mol. The Kier molecular flexibility index (Phi) is 9.09. The first kappa shape index (κ1) is 38.3. The minimum atomic E-state index is -0.160. The largest absolute Gasteiger partial charge is 0.453 e. The molecule has 5 heteroatoms. The zero-order chi connectivity index (χ0) is 43.5. The zero-order valence-corrected chi connectivity index (χ0v) is 36.0. The van der Waals surface area contributed by atoms with Gasteiger partial charge in [-0.3, -0.25) is 0 Å². The van der Waals surface area contributed by atoms with E-state index in [-0.39, 0.29) is 5.41 Å². The van der Waals surface area contributed by atoms with Crippen LogP contribution in [0.1, 0.15) is 25.0 Å². The van der Waals surface area contributed by atoms with E-state index in [0.717, 1.165) is 66.8 Å². The van der Waals surface area contributed by atoms with Crippen molar-refractivity contribution >= 4 is 39.0 Å². The summed E-state index contributed by atoms with van der Waals surface area (Å²) < 4.78 is 7.19. The summed E-state index contributed by atoms with van der Waals surface area (Å²) in [6, 6.07) is 76.7. The number of anilines is 3. The van der Waals surface area contributed by atoms with Gasteiger partial charge < -0.3 is 9.32 Å². The van der Waals surface area contributed by atoms with Gasteiger partial charge in [0.1, 0.15) is 5.58 Å². The first-order chi connectivity index (χ1) is 32.0. The van der Waals surface area contributed by atoms with Crippen LogP contribution >= 0.6 is 0 Å². The molecule has 5 nitrogen and oxygen atoms in total. The van der Waals surface area contributed by atoms with Crippen LogP contribution < -0.4 is 4.90 Å². The maximum Gasteiger partial charge on any atom is 0.164 e. The van der Waals surface area contributed by atoms with E-state index in [1.807, 2.05) is 60.7 Å². The highest BCUT2D eigenvalue weighted by Crippen LogP contribution is 2.51. The molecule has 0 bridgehead atoms. The summed E-state index contributed by atoms with van der Waals surface area (Å²) in [6.07, 6.45) is 0. The Labute approximate surface area is 378 Å². The minimum Gasteiger partial charge on any atom is -0.453 e. The molecule has 0 saturated heterocycles. The quantitative estimate of drug-likeness (QED) is 0.153. The third kappa shape index (κ3) is 6.59. The van der Waals surface area contributed by atoms with E-state index < -0.39 is 0 Å². The Morgan fingerprint density at radius 2 is 0.846 bits per heavy atom. The van der Waals surface area contributed by atoms with Gasteiger partial charge in [-0.25, -0.2) is 15.0 Å². The molecule has 65 heavy (non-hydrogen) atoms. The molecule has 0 spiro atoms. The Morgan fingerprint density at radius 1 is 0.354 bits per heavy atom. The third-order valence-corrected chi connectivity index (χ3v) is 12.9. The zero-order valence-electron chi connectivity index (χ0n) is 36.0. The molecule has 0 fully saturated rings. The van der Waals surface area contributed by atoms with Gasteiger partial charge in [0.2, 0.25) is 0 Å². The van der Waals surface area contributed by atoms with Gasteiger partial charge in [-0.2, -0.15) is 0 Å². The van der Waals surface area contributed by atoms with Crippen LogP contribution in [0.4, 0.5) is 17.1 Å². The summed E-state index contributed by atoms with van der Waals surface area (Å²) in [6.45, 7) is 4.67. The highest BCUT2D eigenvalue weighted by Gasteiger charge is 2.36. The van der Waals surface area contributed by atoms with E-state index in [4.69, 9.17) is 19.4 Å². The van der Waals surface area contributed by atoms with E-state index in [0.29, 0.717) is 17.5 Å². The van der Waals surface area contributed by atoms with Gasteiger partial charge in [0.15, 0.2) is 23.1 Å². The number of aromatic nitrogens is 3. The summed E-state index contributed by atoms with van der Waals surface area (Å²) in [5, 5.41) is 2.10. The standard InChI is InChI=1S/C60H42N4O/c1-60(2)52-29-13-12-25-48(52)49-36-35-46(38-53(49)60)64(45-33-31-40(32-34-45)39-17-6-3-7-18-39)54-30-16-28-51-50-27-15-26-47(55(50)65-56(51)54)43-23-14-24-44(37-43)59-62-57(41-19-8-4-9-20-41)61-58(63-59)42-21-10-5-11-22-42/h3-38H,1-2H3. The van der Waals surface area contributed by atoms with E-state index in [9.17, 15) is 0 Å². The summed E-state index contributed by atoms with van der Waals surface area (Å²) in [4.78, 5) is 17.3. The molecule has 0 amide bonds. The number of fused-ring (bicyclic) bond motifs is 6. The summed E-state index contributed by atoms with van der Waals surface area (Å²) in [7, 11) is 0. The van der Waals surface area contributed by atoms with Crippen molar-refractivity contribution < 1.29 is 4.42 Å². The lowest BCUT2D eigenvalue weighted by molar-refractivity contribution is 0.660. The third-order valence-electron chi connectivity index (χ3n) is 12.9. The van der Waals surface area contributed by atoms with Crippen LogP contribution in [0.15, 0.2) is 223 Å². The average Bonchev–Trinajstić information content (AvgIpc) is 3.87. The minimum absolute atomic E-state index is 0.160. The molecule has 0 N–H and O–H groups in total. The molecule has 2 aromatic heterocycles. The molecule has 1 aliphatic carbocycles. The SMILES string of the molecule is CC1(C)c2ccccc2-c2ccc(N(c3ccc(-c4ccccc4)cc3)c3cccc4c3oc3c(-c5cccc(-c6nc(-c7ccccc7)nc(-c7ccccc7)n6)c5)cccc34)cc21. The molecule has 12 rings (SSSR count). The van der Waals surface area contributed by atoms with Crippen LogP contribution in [-0.2, 0) is 5.41 Å². The number of para-hydroxylation sites is 2. The molecule has 2 heterocycles. The topological polar surface area (TPSA) is 55.1 Å².